The molecule has 0 saturated heterocycles. The molecule has 5 heteroatoms. The molecule has 5 nitrogen and oxygen atoms in total. The maximum atomic E-state index is 11.3. The third-order valence-electron chi connectivity index (χ3n) is 1.61. The molecule has 0 bridgehead atoms. The lowest BCUT2D eigenvalue weighted by molar-refractivity contribution is -0.131. The Morgan fingerprint density at radius 2 is 2.07 bits per heavy atom. The number of carbonyl (C=O) groups excluding carboxylic acids is 1. The van der Waals surface area contributed by atoms with Crippen LogP contribution in [-0.2, 0) is 9.59 Å². The quantitative estimate of drug-likeness (QED) is 0.597. The predicted octanol–water partition coefficient (Wildman–Crippen LogP) is -0.306. The van der Waals surface area contributed by atoms with Gasteiger partial charge in [-0.25, -0.2) is 4.79 Å². The number of nitrogens with zero attached hydrogens (tertiary/aromatic N) is 1. The maximum Gasteiger partial charge on any atom is 0.328 e. The van der Waals surface area contributed by atoms with E-state index in [0.717, 1.165) is 6.08 Å². The number of hydrogen-bond acceptors (Lipinski definition) is 3. The molecule has 0 heterocycles. The Bertz CT molecular complexity index is 236. The lowest BCUT2D eigenvalue weighted by Gasteiger charge is -2.16. The highest BCUT2D eigenvalue weighted by atomic mass is 16.4. The van der Waals surface area contributed by atoms with Gasteiger partial charge in [-0.1, -0.05) is 6.08 Å². The van der Waals surface area contributed by atoms with Gasteiger partial charge in [0.1, 0.15) is 0 Å². The first kappa shape index (κ1) is 12.6. The van der Waals surface area contributed by atoms with E-state index in [1.807, 2.05) is 0 Å². The molecule has 0 radical (unpaired) electrons. The summed E-state index contributed by atoms with van der Waals surface area (Å²) in [5.41, 5.74) is 0. The minimum Gasteiger partial charge on any atom is -0.478 e. The SMILES string of the molecule is CC(NC/C=C/C(=O)O)C(=O)N(C)C. The van der Waals surface area contributed by atoms with Gasteiger partial charge in [0.15, 0.2) is 0 Å². The van der Waals surface area contributed by atoms with E-state index < -0.39 is 5.97 Å². The van der Waals surface area contributed by atoms with Crippen molar-refractivity contribution in [2.24, 2.45) is 0 Å². The zero-order valence-corrected chi connectivity index (χ0v) is 8.65. The summed E-state index contributed by atoms with van der Waals surface area (Å²) in [5.74, 6) is -1.02. The number of hydrogen-bond donors (Lipinski definition) is 2. The van der Waals surface area contributed by atoms with E-state index in [-0.39, 0.29) is 11.9 Å². The Morgan fingerprint density at radius 1 is 1.50 bits per heavy atom. The highest BCUT2D eigenvalue weighted by Gasteiger charge is 2.12. The molecule has 0 saturated carbocycles. The van der Waals surface area contributed by atoms with Crippen LogP contribution >= 0.6 is 0 Å². The van der Waals surface area contributed by atoms with E-state index in [0.29, 0.717) is 6.54 Å². The highest BCUT2D eigenvalue weighted by Crippen LogP contribution is 1.87. The number of carboxylic acids is 1. The molecule has 0 aromatic rings. The van der Waals surface area contributed by atoms with Gasteiger partial charge in [0.05, 0.1) is 6.04 Å². The fourth-order valence-corrected chi connectivity index (χ4v) is 0.879. The van der Waals surface area contributed by atoms with Crippen molar-refractivity contribution in [1.82, 2.24) is 10.2 Å². The van der Waals surface area contributed by atoms with Crippen molar-refractivity contribution in [3.8, 4) is 0 Å². The second-order valence-corrected chi connectivity index (χ2v) is 3.10. The van der Waals surface area contributed by atoms with Crippen LogP contribution in [0, 0.1) is 0 Å². The van der Waals surface area contributed by atoms with Crippen molar-refractivity contribution in [3.05, 3.63) is 12.2 Å². The average molecular weight is 200 g/mol. The largest absolute Gasteiger partial charge is 0.478 e. The van der Waals surface area contributed by atoms with Gasteiger partial charge in [-0.15, -0.1) is 0 Å². The van der Waals surface area contributed by atoms with Crippen LogP contribution in [0.3, 0.4) is 0 Å². The molecular formula is C9H16N2O3. The summed E-state index contributed by atoms with van der Waals surface area (Å²) in [5, 5.41) is 11.2. The minimum atomic E-state index is -0.988. The second kappa shape index (κ2) is 6.15. The summed E-state index contributed by atoms with van der Waals surface area (Å²) < 4.78 is 0. The molecule has 0 aliphatic rings. The van der Waals surface area contributed by atoms with Gasteiger partial charge < -0.3 is 15.3 Å². The lowest BCUT2D eigenvalue weighted by atomic mass is 10.3. The molecular weight excluding hydrogens is 184 g/mol. The van der Waals surface area contributed by atoms with E-state index in [2.05, 4.69) is 5.32 Å². The molecule has 0 spiro atoms. The second-order valence-electron chi connectivity index (χ2n) is 3.10. The third-order valence-corrected chi connectivity index (χ3v) is 1.61. The monoisotopic (exact) mass is 200 g/mol. The van der Waals surface area contributed by atoms with E-state index in [9.17, 15) is 9.59 Å². The zero-order chi connectivity index (χ0) is 11.1. The molecule has 1 amide bonds. The number of nitrogens with one attached hydrogen (secondary N) is 1. The van der Waals surface area contributed by atoms with Crippen LogP contribution in [0.1, 0.15) is 6.92 Å². The molecule has 1 unspecified atom stereocenters. The minimum absolute atomic E-state index is 0.0336. The van der Waals surface area contributed by atoms with Crippen LogP contribution in [0.5, 0.6) is 0 Å². The summed E-state index contributed by atoms with van der Waals surface area (Å²) >= 11 is 0. The van der Waals surface area contributed by atoms with Gasteiger partial charge in [0.2, 0.25) is 5.91 Å². The zero-order valence-electron chi connectivity index (χ0n) is 8.65. The Kier molecular flexibility index (Phi) is 5.55. The smallest absolute Gasteiger partial charge is 0.328 e. The van der Waals surface area contributed by atoms with E-state index >= 15 is 0 Å². The summed E-state index contributed by atoms with van der Waals surface area (Å²) in [6.07, 6.45) is 2.50. The van der Waals surface area contributed by atoms with Gasteiger partial charge >= 0.3 is 5.97 Å². The standard InChI is InChI=1S/C9H16N2O3/c1-7(9(14)11(2)3)10-6-4-5-8(12)13/h4-5,7,10H,6H2,1-3H3,(H,12,13)/b5-4+. The number of carbonyl (C=O) groups is 2. The van der Waals surface area contributed by atoms with Crippen LogP contribution in [0.15, 0.2) is 12.2 Å². The van der Waals surface area contributed by atoms with Crippen LogP contribution in [0.4, 0.5) is 0 Å². The summed E-state index contributed by atoms with van der Waals surface area (Å²) in [6.45, 7) is 2.10. The van der Waals surface area contributed by atoms with E-state index in [1.165, 1.54) is 11.0 Å². The molecule has 2 N–H and O–H groups in total. The number of rotatable bonds is 5. The van der Waals surface area contributed by atoms with Crippen molar-refractivity contribution < 1.29 is 14.7 Å². The molecule has 14 heavy (non-hydrogen) atoms. The normalized spacial score (nSPS) is 12.8. The van der Waals surface area contributed by atoms with Gasteiger partial charge in [-0.3, -0.25) is 4.79 Å². The first-order valence-corrected chi connectivity index (χ1v) is 4.29. The first-order chi connectivity index (χ1) is 6.45. The van der Waals surface area contributed by atoms with Crippen LogP contribution < -0.4 is 5.32 Å². The van der Waals surface area contributed by atoms with Crippen molar-refractivity contribution in [1.29, 1.82) is 0 Å². The molecule has 80 valence electrons. The topological polar surface area (TPSA) is 69.6 Å². The first-order valence-electron chi connectivity index (χ1n) is 4.29. The Balaban J connectivity index is 3.80. The summed E-state index contributed by atoms with van der Waals surface area (Å²) in [4.78, 5) is 22.9. The van der Waals surface area contributed by atoms with Gasteiger partial charge in [0, 0.05) is 26.7 Å². The van der Waals surface area contributed by atoms with Crippen LogP contribution in [0.25, 0.3) is 0 Å². The van der Waals surface area contributed by atoms with Crippen molar-refractivity contribution >= 4 is 11.9 Å². The molecule has 0 aromatic heterocycles. The molecule has 0 aliphatic heterocycles. The molecule has 0 fully saturated rings. The third kappa shape index (κ3) is 5.31. The number of aliphatic carboxylic acids is 1. The van der Waals surface area contributed by atoms with E-state index in [4.69, 9.17) is 5.11 Å². The van der Waals surface area contributed by atoms with Crippen molar-refractivity contribution in [2.45, 2.75) is 13.0 Å². The van der Waals surface area contributed by atoms with Gasteiger partial charge in [-0.2, -0.15) is 0 Å². The van der Waals surface area contributed by atoms with E-state index in [1.54, 1.807) is 21.0 Å². The van der Waals surface area contributed by atoms with Crippen LogP contribution in [-0.4, -0.2) is 48.6 Å². The average Bonchev–Trinajstić information content (AvgIpc) is 2.10. The number of amides is 1. The maximum absolute atomic E-state index is 11.3. The molecule has 0 rings (SSSR count). The predicted molar refractivity (Wildman–Crippen MR) is 52.9 cm³/mol. The van der Waals surface area contributed by atoms with Crippen molar-refractivity contribution in [2.75, 3.05) is 20.6 Å². The fraction of sp³-hybridized carbons (Fsp3) is 0.556. The summed E-state index contributed by atoms with van der Waals surface area (Å²) in [7, 11) is 3.35. The Morgan fingerprint density at radius 3 is 2.50 bits per heavy atom. The number of carboxylic acid groups (broad SMARTS) is 1. The van der Waals surface area contributed by atoms with Gasteiger partial charge in [0.25, 0.3) is 0 Å². The molecule has 0 aromatic carbocycles. The molecule has 0 aliphatic carbocycles. The Labute approximate surface area is 83.4 Å². The van der Waals surface area contributed by atoms with Crippen molar-refractivity contribution in [3.63, 3.8) is 0 Å². The number of likely N-dealkylation sites (N-methyl/N-ethyl adjacent to an activating group) is 1. The van der Waals surface area contributed by atoms with Crippen LogP contribution in [0.2, 0.25) is 0 Å². The summed E-state index contributed by atoms with van der Waals surface area (Å²) in [6, 6.07) is -0.302. The highest BCUT2D eigenvalue weighted by molar-refractivity contribution is 5.81. The fourth-order valence-electron chi connectivity index (χ4n) is 0.879. The molecule has 1 atom stereocenters. The lowest BCUT2D eigenvalue weighted by Crippen LogP contribution is -2.41. The van der Waals surface area contributed by atoms with Gasteiger partial charge in [-0.05, 0) is 6.92 Å². The Hall–Kier alpha value is -1.36.